The van der Waals surface area contributed by atoms with E-state index >= 15 is 0 Å². The van der Waals surface area contributed by atoms with E-state index in [1.807, 2.05) is 13.8 Å². The molecule has 0 fully saturated rings. The molecule has 0 saturated heterocycles. The van der Waals surface area contributed by atoms with Crippen LogP contribution in [0.2, 0.25) is 0 Å². The van der Waals surface area contributed by atoms with Crippen molar-refractivity contribution >= 4 is 31.9 Å². The van der Waals surface area contributed by atoms with E-state index < -0.39 is 0 Å². The molecular weight excluding hydrogens is 248 g/mol. The van der Waals surface area contributed by atoms with E-state index in [-0.39, 0.29) is 0 Å². The molecule has 0 amide bonds. The summed E-state index contributed by atoms with van der Waals surface area (Å²) in [4.78, 5) is 0. The molecule has 0 aromatic carbocycles. The van der Waals surface area contributed by atoms with Gasteiger partial charge in [0, 0.05) is 11.1 Å². The first-order valence-corrected chi connectivity index (χ1v) is 4.12. The first kappa shape index (κ1) is 7.35. The van der Waals surface area contributed by atoms with E-state index in [1.54, 1.807) is 0 Å². The topological polar surface area (TPSA) is 13.1 Å². The summed E-state index contributed by atoms with van der Waals surface area (Å²) in [6.45, 7) is 4.02. The molecule has 0 N–H and O–H groups in total. The zero-order valence-corrected chi connectivity index (χ0v) is 8.34. The van der Waals surface area contributed by atoms with Crippen molar-refractivity contribution in [2.24, 2.45) is 0 Å². The third-order valence-electron chi connectivity index (χ3n) is 1.33. The highest BCUT2D eigenvalue weighted by atomic mass is 79.9. The van der Waals surface area contributed by atoms with Crippen LogP contribution in [0.5, 0.6) is 0 Å². The van der Waals surface area contributed by atoms with Crippen molar-refractivity contribution in [3.63, 3.8) is 0 Å². The Morgan fingerprint density at radius 3 is 1.44 bits per heavy atom. The fourth-order valence-electron chi connectivity index (χ4n) is 0.527. The molecule has 0 saturated carbocycles. The molecule has 0 aliphatic rings. The van der Waals surface area contributed by atoms with Gasteiger partial charge in [-0.1, -0.05) is 0 Å². The molecule has 0 radical (unpaired) electrons. The SMILES string of the molecule is Cc1c(Br)oc(Br)c1C. The Bertz CT molecular complexity index is 205. The Kier molecular flexibility index (Phi) is 2.01. The molecule has 1 aromatic heterocycles. The lowest BCUT2D eigenvalue weighted by atomic mass is 10.2. The molecule has 1 aromatic rings. The quantitative estimate of drug-likeness (QED) is 0.691. The Hall–Kier alpha value is 0.240. The third-order valence-corrected chi connectivity index (χ3v) is 2.84. The second-order valence-electron chi connectivity index (χ2n) is 1.90. The van der Waals surface area contributed by atoms with Gasteiger partial charge in [0.25, 0.3) is 0 Å². The molecule has 0 unspecified atom stereocenters. The van der Waals surface area contributed by atoms with Gasteiger partial charge in [-0.05, 0) is 45.7 Å². The minimum absolute atomic E-state index is 0.812. The summed E-state index contributed by atoms with van der Waals surface area (Å²) >= 11 is 6.54. The highest BCUT2D eigenvalue weighted by molar-refractivity contribution is 9.11. The second-order valence-corrected chi connectivity index (χ2v) is 3.34. The predicted octanol–water partition coefficient (Wildman–Crippen LogP) is 3.42. The summed E-state index contributed by atoms with van der Waals surface area (Å²) in [6.07, 6.45) is 0. The summed E-state index contributed by atoms with van der Waals surface area (Å²) in [5.41, 5.74) is 2.31. The van der Waals surface area contributed by atoms with Gasteiger partial charge in [0.1, 0.15) is 0 Å². The molecule has 1 rings (SSSR count). The molecule has 50 valence electrons. The maximum atomic E-state index is 5.18. The average Bonchev–Trinajstić information content (AvgIpc) is 1.98. The zero-order valence-electron chi connectivity index (χ0n) is 5.16. The Balaban J connectivity index is 3.29. The third kappa shape index (κ3) is 1.22. The normalized spacial score (nSPS) is 10.2. The minimum Gasteiger partial charge on any atom is -0.442 e. The van der Waals surface area contributed by atoms with Gasteiger partial charge >= 0.3 is 0 Å². The van der Waals surface area contributed by atoms with Crippen LogP contribution in [0.15, 0.2) is 13.8 Å². The Morgan fingerprint density at radius 2 is 1.33 bits per heavy atom. The fourth-order valence-corrected chi connectivity index (χ4v) is 1.66. The predicted molar refractivity (Wildman–Crippen MR) is 43.6 cm³/mol. The van der Waals surface area contributed by atoms with Gasteiger partial charge in [-0.15, -0.1) is 0 Å². The van der Waals surface area contributed by atoms with Crippen LogP contribution in [0.25, 0.3) is 0 Å². The molecule has 0 aliphatic carbocycles. The summed E-state index contributed by atoms with van der Waals surface area (Å²) in [6, 6.07) is 0. The van der Waals surface area contributed by atoms with Crippen molar-refractivity contribution in [1.29, 1.82) is 0 Å². The Morgan fingerprint density at radius 1 is 1.00 bits per heavy atom. The smallest absolute Gasteiger partial charge is 0.173 e. The zero-order chi connectivity index (χ0) is 7.02. The van der Waals surface area contributed by atoms with Crippen molar-refractivity contribution in [1.82, 2.24) is 0 Å². The van der Waals surface area contributed by atoms with Gasteiger partial charge in [-0.25, -0.2) is 0 Å². The number of rotatable bonds is 0. The molecule has 0 bridgehead atoms. The molecule has 9 heavy (non-hydrogen) atoms. The van der Waals surface area contributed by atoms with Crippen LogP contribution in [-0.4, -0.2) is 0 Å². The van der Waals surface area contributed by atoms with Crippen LogP contribution in [0, 0.1) is 13.8 Å². The highest BCUT2D eigenvalue weighted by Gasteiger charge is 2.07. The summed E-state index contributed by atoms with van der Waals surface area (Å²) in [5, 5.41) is 0. The number of furan rings is 1. The van der Waals surface area contributed by atoms with Crippen molar-refractivity contribution in [3.8, 4) is 0 Å². The van der Waals surface area contributed by atoms with Crippen LogP contribution in [0.1, 0.15) is 11.1 Å². The van der Waals surface area contributed by atoms with Crippen LogP contribution in [-0.2, 0) is 0 Å². The summed E-state index contributed by atoms with van der Waals surface area (Å²) < 4.78 is 6.80. The first-order chi connectivity index (χ1) is 4.13. The largest absolute Gasteiger partial charge is 0.442 e. The van der Waals surface area contributed by atoms with E-state index in [4.69, 9.17) is 4.42 Å². The molecule has 0 aliphatic heterocycles. The van der Waals surface area contributed by atoms with Crippen molar-refractivity contribution < 1.29 is 4.42 Å². The van der Waals surface area contributed by atoms with Crippen molar-refractivity contribution in [2.45, 2.75) is 13.8 Å². The van der Waals surface area contributed by atoms with Gasteiger partial charge in [0.05, 0.1) is 0 Å². The monoisotopic (exact) mass is 252 g/mol. The first-order valence-electron chi connectivity index (χ1n) is 2.54. The second kappa shape index (κ2) is 2.46. The summed E-state index contributed by atoms with van der Waals surface area (Å²) in [7, 11) is 0. The number of hydrogen-bond donors (Lipinski definition) is 0. The van der Waals surface area contributed by atoms with E-state index in [0.29, 0.717) is 0 Å². The van der Waals surface area contributed by atoms with E-state index in [9.17, 15) is 0 Å². The maximum Gasteiger partial charge on any atom is 0.173 e. The van der Waals surface area contributed by atoms with Crippen LogP contribution >= 0.6 is 31.9 Å². The highest BCUT2D eigenvalue weighted by Crippen LogP contribution is 2.29. The lowest BCUT2D eigenvalue weighted by Crippen LogP contribution is -1.69. The van der Waals surface area contributed by atoms with Gasteiger partial charge in [-0.2, -0.15) is 0 Å². The minimum atomic E-state index is 0.812. The fraction of sp³-hybridized carbons (Fsp3) is 0.333. The van der Waals surface area contributed by atoms with E-state index in [2.05, 4.69) is 31.9 Å². The molecule has 0 spiro atoms. The van der Waals surface area contributed by atoms with Crippen LogP contribution in [0.4, 0.5) is 0 Å². The lowest BCUT2D eigenvalue weighted by molar-refractivity contribution is 0.512. The lowest BCUT2D eigenvalue weighted by Gasteiger charge is -1.83. The summed E-state index contributed by atoms with van der Waals surface area (Å²) in [5.74, 6) is 0. The van der Waals surface area contributed by atoms with Gasteiger partial charge in [0.15, 0.2) is 9.34 Å². The van der Waals surface area contributed by atoms with Crippen LogP contribution in [0.3, 0.4) is 0 Å². The van der Waals surface area contributed by atoms with Crippen LogP contribution < -0.4 is 0 Å². The van der Waals surface area contributed by atoms with E-state index in [0.717, 1.165) is 20.5 Å². The molecule has 1 nitrogen and oxygen atoms in total. The molecule has 1 heterocycles. The Labute approximate surface area is 70.7 Å². The standard InChI is InChI=1S/C6H6Br2O/c1-3-4(2)6(8)9-5(3)7/h1-2H3. The van der Waals surface area contributed by atoms with E-state index in [1.165, 1.54) is 0 Å². The van der Waals surface area contributed by atoms with Gasteiger partial charge in [0.2, 0.25) is 0 Å². The molecular formula is C6H6Br2O. The average molecular weight is 254 g/mol. The molecule has 0 atom stereocenters. The van der Waals surface area contributed by atoms with Crippen molar-refractivity contribution in [2.75, 3.05) is 0 Å². The molecule has 3 heteroatoms. The van der Waals surface area contributed by atoms with Crippen molar-refractivity contribution in [3.05, 3.63) is 20.5 Å². The number of hydrogen-bond acceptors (Lipinski definition) is 1. The van der Waals surface area contributed by atoms with Gasteiger partial charge < -0.3 is 4.42 Å². The number of halogens is 2. The maximum absolute atomic E-state index is 5.18. The van der Waals surface area contributed by atoms with Gasteiger partial charge in [-0.3, -0.25) is 0 Å².